The van der Waals surface area contributed by atoms with Crippen molar-refractivity contribution >= 4 is 0 Å². The van der Waals surface area contributed by atoms with Crippen molar-refractivity contribution in [2.24, 2.45) is 0 Å². The summed E-state index contributed by atoms with van der Waals surface area (Å²) in [5, 5.41) is 10.1. The topological polar surface area (TPSA) is 29.5 Å². The molecule has 1 aromatic carbocycles. The highest BCUT2D eigenvalue weighted by Crippen LogP contribution is 2.35. The van der Waals surface area contributed by atoms with Crippen LogP contribution in [0.5, 0.6) is 11.5 Å². The van der Waals surface area contributed by atoms with Crippen LogP contribution in [0.25, 0.3) is 0 Å². The van der Waals surface area contributed by atoms with Gasteiger partial charge in [0.25, 0.3) is 0 Å². The van der Waals surface area contributed by atoms with Gasteiger partial charge in [0.1, 0.15) is 17.1 Å². The third kappa shape index (κ3) is 4.94. The number of hydrogen-bond acceptors (Lipinski definition) is 2. The molecule has 122 valence electrons. The highest BCUT2D eigenvalue weighted by molar-refractivity contribution is 5.46. The lowest BCUT2D eigenvalue weighted by molar-refractivity contribution is 0.130. The van der Waals surface area contributed by atoms with E-state index in [1.54, 1.807) is 6.07 Å². The molecule has 0 saturated carbocycles. The molecule has 1 aromatic rings. The van der Waals surface area contributed by atoms with E-state index in [-0.39, 0.29) is 5.92 Å². The van der Waals surface area contributed by atoms with Crippen molar-refractivity contribution < 1.29 is 9.84 Å². The first-order valence-electron chi connectivity index (χ1n) is 7.98. The maximum Gasteiger partial charge on any atom is 0.124 e. The smallest absolute Gasteiger partial charge is 0.124 e. The minimum Gasteiger partial charge on any atom is -0.508 e. The Labute approximate surface area is 135 Å². The lowest BCUT2D eigenvalue weighted by atomic mass is 9.97. The van der Waals surface area contributed by atoms with Gasteiger partial charge in [0.2, 0.25) is 0 Å². The Morgan fingerprint density at radius 2 is 2.00 bits per heavy atom. The second kappa shape index (κ2) is 7.53. The van der Waals surface area contributed by atoms with E-state index in [1.807, 2.05) is 19.1 Å². The van der Waals surface area contributed by atoms with Gasteiger partial charge in [-0.15, -0.1) is 0 Å². The van der Waals surface area contributed by atoms with Gasteiger partial charge in [0, 0.05) is 5.56 Å². The summed E-state index contributed by atoms with van der Waals surface area (Å²) in [5.41, 5.74) is 2.75. The van der Waals surface area contributed by atoms with E-state index in [2.05, 4.69) is 47.3 Å². The summed E-state index contributed by atoms with van der Waals surface area (Å²) >= 11 is 0. The molecule has 0 fully saturated rings. The summed E-state index contributed by atoms with van der Waals surface area (Å²) in [5.74, 6) is 1.41. The van der Waals surface area contributed by atoms with Crippen LogP contribution in [-0.4, -0.2) is 10.7 Å². The fourth-order valence-corrected chi connectivity index (χ4v) is 2.35. The molecule has 0 radical (unpaired) electrons. The largest absolute Gasteiger partial charge is 0.508 e. The maximum atomic E-state index is 10.1. The van der Waals surface area contributed by atoms with Crippen molar-refractivity contribution in [3.8, 4) is 11.5 Å². The van der Waals surface area contributed by atoms with Crippen molar-refractivity contribution in [1.29, 1.82) is 0 Å². The van der Waals surface area contributed by atoms with Crippen LogP contribution in [-0.2, 0) is 0 Å². The molecule has 0 amide bonds. The maximum absolute atomic E-state index is 10.1. The summed E-state index contributed by atoms with van der Waals surface area (Å²) in [7, 11) is 0. The number of benzene rings is 1. The fourth-order valence-electron chi connectivity index (χ4n) is 2.35. The molecule has 0 aromatic heterocycles. The van der Waals surface area contributed by atoms with Crippen LogP contribution in [0.4, 0.5) is 0 Å². The number of ether oxygens (including phenoxy) is 1. The van der Waals surface area contributed by atoms with Crippen LogP contribution in [0.3, 0.4) is 0 Å². The number of allylic oxidation sites excluding steroid dienone is 2. The molecular weight excluding hydrogens is 272 g/mol. The van der Waals surface area contributed by atoms with E-state index in [9.17, 15) is 5.11 Å². The van der Waals surface area contributed by atoms with Gasteiger partial charge < -0.3 is 9.84 Å². The van der Waals surface area contributed by atoms with Crippen LogP contribution in [0.1, 0.15) is 64.5 Å². The fraction of sp³-hybridized carbons (Fsp3) is 0.500. The van der Waals surface area contributed by atoms with Crippen molar-refractivity contribution in [2.45, 2.75) is 65.9 Å². The number of aromatic hydroxyl groups is 1. The Balaban J connectivity index is 3.02. The SMILES string of the molecule is C=CC(C)(CCC=C(C)C)Oc1cc(C(C)C)c(O)cc1C. The summed E-state index contributed by atoms with van der Waals surface area (Å²) in [6.07, 6.45) is 5.92. The molecule has 0 heterocycles. The minimum absolute atomic E-state index is 0.253. The summed E-state index contributed by atoms with van der Waals surface area (Å²) in [6.45, 7) is 16.3. The molecule has 2 nitrogen and oxygen atoms in total. The van der Waals surface area contributed by atoms with E-state index in [0.717, 1.165) is 29.7 Å². The molecule has 0 aliphatic carbocycles. The van der Waals surface area contributed by atoms with Crippen LogP contribution >= 0.6 is 0 Å². The number of phenolic OH excluding ortho intramolecular Hbond substituents is 1. The quantitative estimate of drug-likeness (QED) is 0.636. The Kier molecular flexibility index (Phi) is 6.28. The molecule has 2 heteroatoms. The highest BCUT2D eigenvalue weighted by atomic mass is 16.5. The van der Waals surface area contributed by atoms with Gasteiger partial charge in [0.05, 0.1) is 0 Å². The van der Waals surface area contributed by atoms with E-state index in [0.29, 0.717) is 5.75 Å². The third-order valence-corrected chi connectivity index (χ3v) is 3.91. The molecule has 22 heavy (non-hydrogen) atoms. The van der Waals surface area contributed by atoms with Crippen molar-refractivity contribution in [3.63, 3.8) is 0 Å². The first-order valence-corrected chi connectivity index (χ1v) is 7.98. The van der Waals surface area contributed by atoms with Crippen molar-refractivity contribution in [3.05, 3.63) is 47.6 Å². The minimum atomic E-state index is -0.415. The van der Waals surface area contributed by atoms with Gasteiger partial charge in [-0.3, -0.25) is 0 Å². The highest BCUT2D eigenvalue weighted by Gasteiger charge is 2.23. The second-order valence-electron chi connectivity index (χ2n) is 6.77. The van der Waals surface area contributed by atoms with Crippen LogP contribution < -0.4 is 4.74 Å². The molecule has 1 N–H and O–H groups in total. The third-order valence-electron chi connectivity index (χ3n) is 3.91. The average molecular weight is 302 g/mol. The van der Waals surface area contributed by atoms with E-state index < -0.39 is 5.60 Å². The molecule has 1 atom stereocenters. The summed E-state index contributed by atoms with van der Waals surface area (Å²) in [6, 6.07) is 3.74. The molecule has 0 spiro atoms. The van der Waals surface area contributed by atoms with Crippen molar-refractivity contribution in [1.82, 2.24) is 0 Å². The lowest BCUT2D eigenvalue weighted by Crippen LogP contribution is -2.29. The summed E-state index contributed by atoms with van der Waals surface area (Å²) in [4.78, 5) is 0. The van der Waals surface area contributed by atoms with E-state index in [1.165, 1.54) is 5.57 Å². The van der Waals surface area contributed by atoms with Gasteiger partial charge in [-0.05, 0) is 70.2 Å². The standard InChI is InChI=1S/C20H30O2/c1-8-20(7,11-9-10-14(2)3)22-19-13-17(15(4)5)18(21)12-16(19)6/h8,10,12-13,15,21H,1,9,11H2,2-7H3. The van der Waals surface area contributed by atoms with E-state index >= 15 is 0 Å². The van der Waals surface area contributed by atoms with Gasteiger partial charge >= 0.3 is 0 Å². The predicted molar refractivity (Wildman–Crippen MR) is 94.8 cm³/mol. The number of rotatable bonds is 7. The molecule has 0 saturated heterocycles. The zero-order chi connectivity index (χ0) is 16.9. The summed E-state index contributed by atoms with van der Waals surface area (Å²) < 4.78 is 6.25. The van der Waals surface area contributed by atoms with Crippen LogP contribution in [0, 0.1) is 6.92 Å². The van der Waals surface area contributed by atoms with Crippen LogP contribution in [0.15, 0.2) is 36.4 Å². The molecule has 0 aliphatic rings. The van der Waals surface area contributed by atoms with Crippen LogP contribution in [0.2, 0.25) is 0 Å². The Morgan fingerprint density at radius 1 is 1.36 bits per heavy atom. The molecule has 1 rings (SSSR count). The Morgan fingerprint density at radius 3 is 2.50 bits per heavy atom. The monoisotopic (exact) mass is 302 g/mol. The molecule has 0 aliphatic heterocycles. The Bertz CT molecular complexity index is 551. The number of hydrogen-bond donors (Lipinski definition) is 1. The number of phenols is 1. The molecule has 0 bridgehead atoms. The number of aryl methyl sites for hydroxylation is 1. The lowest BCUT2D eigenvalue weighted by Gasteiger charge is -2.29. The molecular formula is C20H30O2. The first kappa shape index (κ1) is 18.3. The Hall–Kier alpha value is -1.70. The van der Waals surface area contributed by atoms with Gasteiger partial charge in [-0.25, -0.2) is 0 Å². The van der Waals surface area contributed by atoms with Gasteiger partial charge in [0.15, 0.2) is 0 Å². The zero-order valence-electron chi connectivity index (χ0n) is 14.9. The van der Waals surface area contributed by atoms with E-state index in [4.69, 9.17) is 4.74 Å². The average Bonchev–Trinajstić information content (AvgIpc) is 2.41. The van der Waals surface area contributed by atoms with Gasteiger partial charge in [-0.2, -0.15) is 0 Å². The van der Waals surface area contributed by atoms with Crippen molar-refractivity contribution in [2.75, 3.05) is 0 Å². The molecule has 1 unspecified atom stereocenters. The predicted octanol–water partition coefficient (Wildman–Crippen LogP) is 5.89. The van der Waals surface area contributed by atoms with Gasteiger partial charge in [-0.1, -0.05) is 32.1 Å². The normalized spacial score (nSPS) is 13.6. The zero-order valence-corrected chi connectivity index (χ0v) is 14.9. The first-order chi connectivity index (χ1) is 10.2. The second-order valence-corrected chi connectivity index (χ2v) is 6.77.